The van der Waals surface area contributed by atoms with Crippen LogP contribution >= 0.6 is 0 Å². The van der Waals surface area contributed by atoms with E-state index in [1.807, 2.05) is 43.5 Å². The third kappa shape index (κ3) is 5.11. The lowest BCUT2D eigenvalue weighted by Crippen LogP contribution is -2.42. The van der Waals surface area contributed by atoms with E-state index in [0.717, 1.165) is 17.8 Å². The maximum absolute atomic E-state index is 12.9. The normalized spacial score (nSPS) is 15.5. The standard InChI is InChI=1S/C25H29N3O3S/c1-20-9-11-24(12-10-20)32(30,31)28-16-13-22(14-17-28)25(29)26-18-23-8-5-15-27(23)19-21-6-3-2-4-7-21/h2-12,15,22H,13-14,16-19H2,1H3,(H,26,29). The number of benzene rings is 2. The molecule has 0 unspecified atom stereocenters. The van der Waals surface area contributed by atoms with Gasteiger partial charge in [0.05, 0.1) is 11.4 Å². The highest BCUT2D eigenvalue weighted by Gasteiger charge is 2.32. The van der Waals surface area contributed by atoms with E-state index in [1.165, 1.54) is 9.87 Å². The SMILES string of the molecule is Cc1ccc(S(=O)(=O)N2CCC(C(=O)NCc3cccn3Cc3ccccc3)CC2)cc1. The second kappa shape index (κ2) is 9.71. The summed E-state index contributed by atoms with van der Waals surface area (Å²) in [5.74, 6) is -0.179. The van der Waals surface area contributed by atoms with E-state index in [4.69, 9.17) is 0 Å². The number of aryl methyl sites for hydroxylation is 1. The van der Waals surface area contributed by atoms with Crippen LogP contribution in [0.3, 0.4) is 0 Å². The summed E-state index contributed by atoms with van der Waals surface area (Å²) >= 11 is 0. The molecule has 0 radical (unpaired) electrons. The van der Waals surface area contributed by atoms with E-state index in [-0.39, 0.29) is 11.8 Å². The second-order valence-corrected chi connectivity index (χ2v) is 10.3. The van der Waals surface area contributed by atoms with Gasteiger partial charge in [-0.1, -0.05) is 48.0 Å². The van der Waals surface area contributed by atoms with Gasteiger partial charge in [-0.3, -0.25) is 4.79 Å². The van der Waals surface area contributed by atoms with Crippen molar-refractivity contribution in [2.45, 2.75) is 37.8 Å². The molecule has 1 fully saturated rings. The van der Waals surface area contributed by atoms with Gasteiger partial charge in [0.1, 0.15) is 0 Å². The number of aromatic nitrogens is 1. The lowest BCUT2D eigenvalue weighted by atomic mass is 9.97. The van der Waals surface area contributed by atoms with Gasteiger partial charge in [0.15, 0.2) is 0 Å². The first kappa shape index (κ1) is 22.3. The maximum atomic E-state index is 12.9. The van der Waals surface area contributed by atoms with Crippen LogP contribution in [0.2, 0.25) is 0 Å². The molecule has 0 bridgehead atoms. The fourth-order valence-electron chi connectivity index (χ4n) is 4.08. The van der Waals surface area contributed by atoms with E-state index in [1.54, 1.807) is 24.3 Å². The number of nitrogens with one attached hydrogen (secondary N) is 1. The van der Waals surface area contributed by atoms with Gasteiger partial charge in [-0.15, -0.1) is 0 Å². The number of carbonyl (C=O) groups excluding carboxylic acids is 1. The van der Waals surface area contributed by atoms with E-state index in [2.05, 4.69) is 22.0 Å². The van der Waals surface area contributed by atoms with Gasteiger partial charge in [0, 0.05) is 37.4 Å². The van der Waals surface area contributed by atoms with Crippen LogP contribution in [0.25, 0.3) is 0 Å². The fraction of sp³-hybridized carbons (Fsp3) is 0.320. The number of amides is 1. The van der Waals surface area contributed by atoms with Crippen LogP contribution in [0.15, 0.2) is 77.8 Å². The molecular formula is C25H29N3O3S. The van der Waals surface area contributed by atoms with E-state index >= 15 is 0 Å². The Morgan fingerprint density at radius 2 is 1.66 bits per heavy atom. The molecule has 4 rings (SSSR count). The molecule has 0 aliphatic carbocycles. The third-order valence-corrected chi connectivity index (χ3v) is 7.96. The van der Waals surface area contributed by atoms with Crippen LogP contribution in [-0.2, 0) is 27.9 Å². The van der Waals surface area contributed by atoms with Crippen molar-refractivity contribution in [1.29, 1.82) is 0 Å². The summed E-state index contributed by atoms with van der Waals surface area (Å²) in [5.41, 5.74) is 3.27. The number of carbonyl (C=O) groups is 1. The molecule has 0 atom stereocenters. The molecule has 1 aliphatic rings. The summed E-state index contributed by atoms with van der Waals surface area (Å²) in [4.78, 5) is 13.0. The zero-order valence-corrected chi connectivity index (χ0v) is 19.1. The van der Waals surface area contributed by atoms with Crippen LogP contribution < -0.4 is 5.32 Å². The highest BCUT2D eigenvalue weighted by Crippen LogP contribution is 2.24. The number of nitrogens with zero attached hydrogens (tertiary/aromatic N) is 2. The molecule has 2 aromatic carbocycles. The monoisotopic (exact) mass is 451 g/mol. The van der Waals surface area contributed by atoms with Gasteiger partial charge < -0.3 is 9.88 Å². The Bertz CT molecular complexity index is 1150. The van der Waals surface area contributed by atoms with Crippen LogP contribution in [-0.4, -0.2) is 36.3 Å². The Morgan fingerprint density at radius 1 is 0.969 bits per heavy atom. The first-order chi connectivity index (χ1) is 15.4. The van der Waals surface area contributed by atoms with Crippen molar-refractivity contribution in [2.75, 3.05) is 13.1 Å². The molecule has 0 spiro atoms. The van der Waals surface area contributed by atoms with Gasteiger partial charge in [-0.2, -0.15) is 4.31 Å². The van der Waals surface area contributed by atoms with Crippen LogP contribution in [0.5, 0.6) is 0 Å². The second-order valence-electron chi connectivity index (χ2n) is 8.32. The quantitative estimate of drug-likeness (QED) is 0.597. The molecule has 1 aliphatic heterocycles. The Hall–Kier alpha value is -2.90. The lowest BCUT2D eigenvalue weighted by Gasteiger charge is -2.30. The minimum atomic E-state index is -3.51. The minimum absolute atomic E-state index is 0.00940. The predicted octanol–water partition coefficient (Wildman–Crippen LogP) is 3.56. The summed E-state index contributed by atoms with van der Waals surface area (Å²) in [5, 5.41) is 3.04. The van der Waals surface area contributed by atoms with E-state index in [9.17, 15) is 13.2 Å². The third-order valence-electron chi connectivity index (χ3n) is 6.05. The number of hydrogen-bond acceptors (Lipinski definition) is 3. The van der Waals surface area contributed by atoms with Gasteiger partial charge in [-0.25, -0.2) is 8.42 Å². The Kier molecular flexibility index (Phi) is 6.77. The number of piperidine rings is 1. The number of hydrogen-bond donors (Lipinski definition) is 1. The molecule has 0 saturated carbocycles. The molecule has 168 valence electrons. The van der Waals surface area contributed by atoms with Crippen molar-refractivity contribution in [2.24, 2.45) is 5.92 Å². The van der Waals surface area contributed by atoms with Crippen LogP contribution in [0.1, 0.15) is 29.7 Å². The lowest BCUT2D eigenvalue weighted by molar-refractivity contribution is -0.126. The molecule has 1 saturated heterocycles. The average Bonchev–Trinajstić information content (AvgIpc) is 3.25. The molecule has 32 heavy (non-hydrogen) atoms. The van der Waals surface area contributed by atoms with Crippen molar-refractivity contribution >= 4 is 15.9 Å². The van der Waals surface area contributed by atoms with Crippen molar-refractivity contribution < 1.29 is 13.2 Å². The summed E-state index contributed by atoms with van der Waals surface area (Å²) in [6, 6.07) is 21.1. The van der Waals surface area contributed by atoms with Crippen molar-refractivity contribution in [3.8, 4) is 0 Å². The zero-order valence-electron chi connectivity index (χ0n) is 18.3. The van der Waals surface area contributed by atoms with Crippen LogP contribution in [0.4, 0.5) is 0 Å². The van der Waals surface area contributed by atoms with Crippen LogP contribution in [0, 0.1) is 12.8 Å². The van der Waals surface area contributed by atoms with Crippen molar-refractivity contribution in [3.63, 3.8) is 0 Å². The summed E-state index contributed by atoms with van der Waals surface area (Å²) in [6.07, 6.45) is 3.08. The van der Waals surface area contributed by atoms with Gasteiger partial charge in [0.25, 0.3) is 0 Å². The first-order valence-electron chi connectivity index (χ1n) is 11.0. The van der Waals surface area contributed by atoms with Crippen molar-refractivity contribution in [1.82, 2.24) is 14.2 Å². The largest absolute Gasteiger partial charge is 0.350 e. The summed E-state index contributed by atoms with van der Waals surface area (Å²) < 4.78 is 29.4. The number of rotatable bonds is 7. The average molecular weight is 452 g/mol. The van der Waals surface area contributed by atoms with E-state index in [0.29, 0.717) is 37.4 Å². The van der Waals surface area contributed by atoms with Crippen molar-refractivity contribution in [3.05, 3.63) is 89.7 Å². The highest BCUT2D eigenvalue weighted by atomic mass is 32.2. The van der Waals surface area contributed by atoms with Gasteiger partial charge in [0.2, 0.25) is 15.9 Å². The highest BCUT2D eigenvalue weighted by molar-refractivity contribution is 7.89. The van der Waals surface area contributed by atoms with E-state index < -0.39 is 10.0 Å². The summed E-state index contributed by atoms with van der Waals surface area (Å²) in [6.45, 7) is 3.87. The molecule has 1 N–H and O–H groups in total. The smallest absolute Gasteiger partial charge is 0.243 e. The Labute approximate surface area is 189 Å². The minimum Gasteiger partial charge on any atom is -0.350 e. The molecule has 3 aromatic rings. The molecule has 7 heteroatoms. The van der Waals surface area contributed by atoms with Gasteiger partial charge >= 0.3 is 0 Å². The molecular weight excluding hydrogens is 422 g/mol. The molecule has 1 amide bonds. The molecule has 1 aromatic heterocycles. The zero-order chi connectivity index (χ0) is 22.6. The van der Waals surface area contributed by atoms with Gasteiger partial charge in [-0.05, 0) is 49.6 Å². The number of sulfonamides is 1. The Morgan fingerprint density at radius 3 is 2.34 bits per heavy atom. The predicted molar refractivity (Wildman–Crippen MR) is 124 cm³/mol. The molecule has 2 heterocycles. The maximum Gasteiger partial charge on any atom is 0.243 e. The fourth-order valence-corrected chi connectivity index (χ4v) is 5.55. The Balaban J connectivity index is 1.30. The summed E-state index contributed by atoms with van der Waals surface area (Å²) in [7, 11) is -3.51. The molecule has 6 nitrogen and oxygen atoms in total. The first-order valence-corrected chi connectivity index (χ1v) is 12.4. The topological polar surface area (TPSA) is 71.4 Å².